The third-order valence-corrected chi connectivity index (χ3v) is 2.72. The van der Waals surface area contributed by atoms with Crippen LogP contribution in [0.25, 0.3) is 0 Å². The van der Waals surface area contributed by atoms with Crippen LogP contribution in [0, 0.1) is 6.92 Å². The summed E-state index contributed by atoms with van der Waals surface area (Å²) in [5.41, 5.74) is 1.20. The Kier molecular flexibility index (Phi) is 6.97. The van der Waals surface area contributed by atoms with Crippen molar-refractivity contribution in [2.75, 3.05) is 33.8 Å². The number of hydrogen-bond acceptors (Lipinski definition) is 3. The van der Waals surface area contributed by atoms with Crippen molar-refractivity contribution in [1.82, 2.24) is 10.2 Å². The smallest absolute Gasteiger partial charge is 0.223 e. The number of hydrogen-bond donors (Lipinski definition) is 1. The van der Waals surface area contributed by atoms with Gasteiger partial charge in [-0.2, -0.15) is 0 Å². The zero-order valence-corrected chi connectivity index (χ0v) is 12.1. The Labute approximate surface area is 115 Å². The minimum atomic E-state index is 0.0471. The first-order valence-electron chi connectivity index (χ1n) is 6.69. The fraction of sp³-hybridized carbons (Fsp3) is 0.533. The van der Waals surface area contributed by atoms with Crippen LogP contribution in [0.4, 0.5) is 0 Å². The Morgan fingerprint density at radius 2 is 1.95 bits per heavy atom. The van der Waals surface area contributed by atoms with E-state index in [0.717, 1.165) is 25.3 Å². The maximum atomic E-state index is 11.5. The highest BCUT2D eigenvalue weighted by molar-refractivity contribution is 5.75. The molecule has 1 rings (SSSR count). The number of nitrogens with one attached hydrogen (secondary N) is 1. The minimum absolute atomic E-state index is 0.0471. The van der Waals surface area contributed by atoms with Crippen LogP contribution in [0.15, 0.2) is 24.3 Å². The van der Waals surface area contributed by atoms with Crippen LogP contribution in [0.5, 0.6) is 5.75 Å². The summed E-state index contributed by atoms with van der Waals surface area (Å²) in [6, 6.07) is 7.84. The van der Waals surface area contributed by atoms with Gasteiger partial charge in [0.1, 0.15) is 5.75 Å². The van der Waals surface area contributed by atoms with Crippen LogP contribution < -0.4 is 10.1 Å². The van der Waals surface area contributed by atoms with Crippen LogP contribution in [-0.2, 0) is 4.79 Å². The highest BCUT2D eigenvalue weighted by Gasteiger charge is 2.01. The van der Waals surface area contributed by atoms with Gasteiger partial charge >= 0.3 is 0 Å². The minimum Gasteiger partial charge on any atom is -0.493 e. The fourth-order valence-electron chi connectivity index (χ4n) is 1.61. The van der Waals surface area contributed by atoms with Crippen molar-refractivity contribution in [1.29, 1.82) is 0 Å². The number of carbonyl (C=O) groups excluding carboxylic acids is 1. The van der Waals surface area contributed by atoms with Crippen LogP contribution in [-0.4, -0.2) is 44.6 Å². The maximum Gasteiger partial charge on any atom is 0.223 e. The first-order valence-corrected chi connectivity index (χ1v) is 6.69. The highest BCUT2D eigenvalue weighted by Crippen LogP contribution is 2.11. The summed E-state index contributed by atoms with van der Waals surface area (Å²) in [5.74, 6) is 0.858. The molecule has 106 valence electrons. The summed E-state index contributed by atoms with van der Waals surface area (Å²) in [6.45, 7) is 4.16. The lowest BCUT2D eigenvalue weighted by Crippen LogP contribution is -2.28. The van der Waals surface area contributed by atoms with Gasteiger partial charge in [0, 0.05) is 6.54 Å². The number of benzene rings is 1. The summed E-state index contributed by atoms with van der Waals surface area (Å²) in [5, 5.41) is 2.89. The molecule has 0 aromatic heterocycles. The normalized spacial score (nSPS) is 10.5. The van der Waals surface area contributed by atoms with Gasteiger partial charge in [-0.3, -0.25) is 4.79 Å². The lowest BCUT2D eigenvalue weighted by atomic mass is 10.2. The molecule has 0 aliphatic heterocycles. The molecule has 0 bridgehead atoms. The Morgan fingerprint density at radius 3 is 2.58 bits per heavy atom. The zero-order chi connectivity index (χ0) is 14.1. The van der Waals surface area contributed by atoms with Crippen molar-refractivity contribution in [2.45, 2.75) is 19.8 Å². The molecule has 1 aromatic rings. The number of rotatable bonds is 8. The van der Waals surface area contributed by atoms with Gasteiger partial charge in [0.2, 0.25) is 5.91 Å². The molecular formula is C15H24N2O2. The van der Waals surface area contributed by atoms with Crippen molar-refractivity contribution in [3.8, 4) is 5.75 Å². The van der Waals surface area contributed by atoms with Gasteiger partial charge in [-0.05, 0) is 46.1 Å². The number of aryl methyl sites for hydroxylation is 1. The number of amides is 1. The molecule has 0 heterocycles. The van der Waals surface area contributed by atoms with Crippen molar-refractivity contribution in [3.05, 3.63) is 29.8 Å². The molecule has 1 aromatic carbocycles. The molecule has 19 heavy (non-hydrogen) atoms. The van der Waals surface area contributed by atoms with Crippen LogP contribution in [0.1, 0.15) is 18.4 Å². The van der Waals surface area contributed by atoms with Gasteiger partial charge < -0.3 is 15.0 Å². The molecule has 1 N–H and O–H groups in total. The number of carbonyl (C=O) groups is 1. The SMILES string of the molecule is Cc1ccc(OCCC(=O)NCCCN(C)C)cc1. The van der Waals surface area contributed by atoms with E-state index < -0.39 is 0 Å². The van der Waals surface area contributed by atoms with Gasteiger partial charge in [-0.25, -0.2) is 0 Å². The molecule has 0 aliphatic carbocycles. The lowest BCUT2D eigenvalue weighted by Gasteiger charge is -2.10. The first kappa shape index (κ1) is 15.5. The molecule has 0 saturated heterocycles. The number of ether oxygens (including phenoxy) is 1. The molecule has 0 aliphatic rings. The summed E-state index contributed by atoms with van der Waals surface area (Å²) in [4.78, 5) is 13.6. The maximum absolute atomic E-state index is 11.5. The van der Waals surface area contributed by atoms with Crippen molar-refractivity contribution in [2.24, 2.45) is 0 Å². The van der Waals surface area contributed by atoms with Crippen LogP contribution >= 0.6 is 0 Å². The van der Waals surface area contributed by atoms with E-state index in [-0.39, 0.29) is 5.91 Å². The summed E-state index contributed by atoms with van der Waals surface area (Å²) in [6.07, 6.45) is 1.37. The van der Waals surface area contributed by atoms with Crippen molar-refractivity contribution in [3.63, 3.8) is 0 Å². The molecular weight excluding hydrogens is 240 g/mol. The molecule has 0 radical (unpaired) electrons. The first-order chi connectivity index (χ1) is 9.08. The molecule has 0 unspecified atom stereocenters. The molecule has 0 saturated carbocycles. The second kappa shape index (κ2) is 8.53. The van der Waals surface area contributed by atoms with Gasteiger partial charge in [-0.1, -0.05) is 17.7 Å². The van der Waals surface area contributed by atoms with Gasteiger partial charge in [0.05, 0.1) is 13.0 Å². The van der Waals surface area contributed by atoms with E-state index in [2.05, 4.69) is 10.2 Å². The Hall–Kier alpha value is -1.55. The van der Waals surface area contributed by atoms with Gasteiger partial charge in [0.25, 0.3) is 0 Å². The van der Waals surface area contributed by atoms with Crippen molar-refractivity contribution >= 4 is 5.91 Å². The predicted octanol–water partition coefficient (Wildman–Crippen LogP) is 1.83. The average molecular weight is 264 g/mol. The average Bonchev–Trinajstić information content (AvgIpc) is 2.37. The molecule has 0 fully saturated rings. The quantitative estimate of drug-likeness (QED) is 0.728. The highest BCUT2D eigenvalue weighted by atomic mass is 16.5. The van der Waals surface area contributed by atoms with E-state index in [1.165, 1.54) is 5.56 Å². The van der Waals surface area contributed by atoms with Gasteiger partial charge in [-0.15, -0.1) is 0 Å². The van der Waals surface area contributed by atoms with Crippen LogP contribution in [0.3, 0.4) is 0 Å². The molecule has 0 spiro atoms. The number of nitrogens with zero attached hydrogens (tertiary/aromatic N) is 1. The zero-order valence-electron chi connectivity index (χ0n) is 12.1. The van der Waals surface area contributed by atoms with E-state index in [4.69, 9.17) is 4.74 Å². The van der Waals surface area contributed by atoms with E-state index in [9.17, 15) is 4.79 Å². The molecule has 0 atom stereocenters. The lowest BCUT2D eigenvalue weighted by molar-refractivity contribution is -0.121. The third kappa shape index (κ3) is 7.47. The second-order valence-electron chi connectivity index (χ2n) is 4.92. The predicted molar refractivity (Wildman–Crippen MR) is 77.5 cm³/mol. The summed E-state index contributed by atoms with van der Waals surface area (Å²) >= 11 is 0. The third-order valence-electron chi connectivity index (χ3n) is 2.72. The van der Waals surface area contributed by atoms with E-state index in [0.29, 0.717) is 13.0 Å². The Bertz CT molecular complexity index is 374. The molecule has 4 nitrogen and oxygen atoms in total. The Morgan fingerprint density at radius 1 is 1.26 bits per heavy atom. The van der Waals surface area contributed by atoms with E-state index in [1.807, 2.05) is 45.3 Å². The second-order valence-corrected chi connectivity index (χ2v) is 4.92. The summed E-state index contributed by atoms with van der Waals surface area (Å²) < 4.78 is 5.51. The van der Waals surface area contributed by atoms with Crippen molar-refractivity contribution < 1.29 is 9.53 Å². The van der Waals surface area contributed by atoms with E-state index in [1.54, 1.807) is 0 Å². The summed E-state index contributed by atoms with van der Waals surface area (Å²) in [7, 11) is 4.05. The monoisotopic (exact) mass is 264 g/mol. The Balaban J connectivity index is 2.08. The fourth-order valence-corrected chi connectivity index (χ4v) is 1.61. The molecule has 4 heteroatoms. The molecule has 1 amide bonds. The van der Waals surface area contributed by atoms with Gasteiger partial charge in [0.15, 0.2) is 0 Å². The standard InChI is InChI=1S/C15H24N2O2/c1-13-5-7-14(8-6-13)19-12-9-15(18)16-10-4-11-17(2)3/h5-8H,4,9-12H2,1-3H3,(H,16,18). The topological polar surface area (TPSA) is 41.6 Å². The van der Waals surface area contributed by atoms with E-state index >= 15 is 0 Å². The van der Waals surface area contributed by atoms with Crippen LogP contribution in [0.2, 0.25) is 0 Å². The largest absolute Gasteiger partial charge is 0.493 e.